The van der Waals surface area contributed by atoms with Gasteiger partial charge in [-0.2, -0.15) is 0 Å². The summed E-state index contributed by atoms with van der Waals surface area (Å²) >= 11 is 0.460. The molecule has 0 aliphatic rings. The minimum Gasteiger partial charge on any atom is -0.376 e. The molecule has 0 saturated heterocycles. The Balaban J connectivity index is 3.39. The molecule has 0 aromatic heterocycles. The van der Waals surface area contributed by atoms with Crippen LogP contribution in [0.3, 0.4) is 0 Å². The van der Waals surface area contributed by atoms with E-state index in [0.29, 0.717) is 0 Å². The van der Waals surface area contributed by atoms with Crippen molar-refractivity contribution in [1.82, 2.24) is 0 Å². The third-order valence-corrected chi connectivity index (χ3v) is 1.94. The lowest BCUT2D eigenvalue weighted by atomic mass is 10.8. The van der Waals surface area contributed by atoms with Crippen LogP contribution >= 0.6 is 24.1 Å². The first-order chi connectivity index (χ1) is 5.72. The molecule has 0 bridgehead atoms. The zero-order chi connectivity index (χ0) is 9.40. The van der Waals surface area contributed by atoms with Crippen LogP contribution in [0.15, 0.2) is 0 Å². The molecule has 10 heteroatoms. The van der Waals surface area contributed by atoms with E-state index in [-0.39, 0.29) is 24.1 Å². The summed E-state index contributed by atoms with van der Waals surface area (Å²) in [5, 5.41) is 39.2. The summed E-state index contributed by atoms with van der Waals surface area (Å²) in [6.07, 6.45) is 0. The molecule has 0 aliphatic heterocycles. The topological polar surface area (TPSA) is 118 Å². The van der Waals surface area contributed by atoms with Crippen LogP contribution in [0.2, 0.25) is 0 Å². The Morgan fingerprint density at radius 3 is 1.42 bits per heavy atom. The van der Waals surface area contributed by atoms with E-state index < -0.39 is 10.9 Å². The van der Waals surface area contributed by atoms with E-state index in [4.69, 9.17) is 20.7 Å². The standard InChI is InChI=1S/C2H6O8S2/c3-1(11-9-7-5)2(4)12-10-8-6/h1-6H. The maximum Gasteiger partial charge on any atom is 0.166 e. The fraction of sp³-hybridized carbons (Fsp3) is 1.00. The highest BCUT2D eigenvalue weighted by Crippen LogP contribution is 2.21. The van der Waals surface area contributed by atoms with Crippen LogP contribution in [0.5, 0.6) is 0 Å². The van der Waals surface area contributed by atoms with Gasteiger partial charge in [-0.25, -0.2) is 10.5 Å². The van der Waals surface area contributed by atoms with E-state index in [1.807, 2.05) is 0 Å². The molecular weight excluding hydrogens is 216 g/mol. The van der Waals surface area contributed by atoms with Gasteiger partial charge >= 0.3 is 0 Å². The lowest BCUT2D eigenvalue weighted by Crippen LogP contribution is -2.19. The maximum absolute atomic E-state index is 8.83. The first-order valence-electron chi connectivity index (χ1n) is 2.35. The normalized spacial score (nSPS) is 16.0. The Kier molecular flexibility index (Phi) is 8.25. The second kappa shape index (κ2) is 8.00. The van der Waals surface area contributed by atoms with Crippen LogP contribution < -0.4 is 0 Å². The van der Waals surface area contributed by atoms with Crippen LogP contribution in [0, 0.1) is 0 Å². The largest absolute Gasteiger partial charge is 0.376 e. The number of hydrogen-bond donors (Lipinski definition) is 4. The third kappa shape index (κ3) is 5.96. The van der Waals surface area contributed by atoms with Crippen molar-refractivity contribution in [3.8, 4) is 0 Å². The molecule has 0 saturated carbocycles. The van der Waals surface area contributed by atoms with Crippen molar-refractivity contribution in [2.45, 2.75) is 10.9 Å². The number of hydrogen-bond acceptors (Lipinski definition) is 10. The van der Waals surface area contributed by atoms with Gasteiger partial charge in [-0.3, -0.25) is 0 Å². The van der Waals surface area contributed by atoms with Crippen molar-refractivity contribution < 1.29 is 39.5 Å². The number of rotatable bonds is 7. The van der Waals surface area contributed by atoms with E-state index in [0.717, 1.165) is 0 Å². The summed E-state index contributed by atoms with van der Waals surface area (Å²) in [6, 6.07) is 0. The molecule has 0 aromatic rings. The van der Waals surface area contributed by atoms with Crippen LogP contribution in [-0.4, -0.2) is 31.6 Å². The zero-order valence-corrected chi connectivity index (χ0v) is 7.03. The van der Waals surface area contributed by atoms with Crippen LogP contribution in [0.1, 0.15) is 0 Å². The van der Waals surface area contributed by atoms with Crippen LogP contribution in [-0.2, 0) is 18.7 Å². The summed E-state index contributed by atoms with van der Waals surface area (Å²) < 4.78 is 7.57. The Bertz CT molecular complexity index is 89.1. The molecule has 8 nitrogen and oxygen atoms in total. The van der Waals surface area contributed by atoms with E-state index in [1.54, 1.807) is 0 Å². The summed E-state index contributed by atoms with van der Waals surface area (Å²) in [5.41, 5.74) is -2.89. The van der Waals surface area contributed by atoms with Crippen molar-refractivity contribution in [3.05, 3.63) is 0 Å². The highest BCUT2D eigenvalue weighted by molar-refractivity contribution is 7.98. The fourth-order valence-electron chi connectivity index (χ4n) is 0.211. The smallest absolute Gasteiger partial charge is 0.166 e. The molecule has 0 amide bonds. The van der Waals surface area contributed by atoms with Crippen molar-refractivity contribution in [1.29, 1.82) is 0 Å². The van der Waals surface area contributed by atoms with Gasteiger partial charge in [0.05, 0.1) is 24.1 Å². The molecule has 2 atom stereocenters. The molecule has 0 fully saturated rings. The van der Waals surface area contributed by atoms with Crippen molar-refractivity contribution >= 4 is 24.1 Å². The predicted octanol–water partition coefficient (Wildman–Crippen LogP) is -0.238. The summed E-state index contributed by atoms with van der Waals surface area (Å²) in [6.45, 7) is 0. The second-order valence-electron chi connectivity index (χ2n) is 1.26. The Labute approximate surface area is 75.1 Å². The molecule has 0 rings (SSSR count). The van der Waals surface area contributed by atoms with Crippen molar-refractivity contribution in [3.63, 3.8) is 0 Å². The van der Waals surface area contributed by atoms with Crippen LogP contribution in [0.25, 0.3) is 0 Å². The van der Waals surface area contributed by atoms with Gasteiger partial charge in [0.15, 0.2) is 10.9 Å². The van der Waals surface area contributed by atoms with Crippen molar-refractivity contribution in [2.24, 2.45) is 0 Å². The molecule has 0 aliphatic carbocycles. The van der Waals surface area contributed by atoms with E-state index >= 15 is 0 Å². The summed E-state index contributed by atoms with van der Waals surface area (Å²) in [7, 11) is 0. The average molecular weight is 222 g/mol. The highest BCUT2D eigenvalue weighted by atomic mass is 32.2. The molecule has 12 heavy (non-hydrogen) atoms. The average Bonchev–Trinajstić information content (AvgIpc) is 2.10. The van der Waals surface area contributed by atoms with Gasteiger partial charge in [-0.05, 0) is 0 Å². The molecule has 0 spiro atoms. The Hall–Kier alpha value is 0.380. The zero-order valence-electron chi connectivity index (χ0n) is 5.39. The highest BCUT2D eigenvalue weighted by Gasteiger charge is 2.20. The lowest BCUT2D eigenvalue weighted by molar-refractivity contribution is -0.433. The molecule has 0 heterocycles. The van der Waals surface area contributed by atoms with E-state index in [1.165, 1.54) is 0 Å². The third-order valence-electron chi connectivity index (χ3n) is 0.581. The summed E-state index contributed by atoms with van der Waals surface area (Å²) in [4.78, 5) is 0. The molecule has 74 valence electrons. The van der Waals surface area contributed by atoms with Crippen LogP contribution in [0.4, 0.5) is 0 Å². The van der Waals surface area contributed by atoms with E-state index in [9.17, 15) is 0 Å². The van der Waals surface area contributed by atoms with Gasteiger partial charge in [0.25, 0.3) is 0 Å². The summed E-state index contributed by atoms with van der Waals surface area (Å²) in [5.74, 6) is 0. The number of aliphatic hydroxyl groups excluding tert-OH is 2. The molecule has 0 aromatic carbocycles. The Morgan fingerprint density at radius 2 is 1.17 bits per heavy atom. The Morgan fingerprint density at radius 1 is 0.833 bits per heavy atom. The van der Waals surface area contributed by atoms with Gasteiger partial charge in [0.2, 0.25) is 0 Å². The van der Waals surface area contributed by atoms with Gasteiger partial charge in [-0.1, -0.05) is 10.1 Å². The van der Waals surface area contributed by atoms with Gasteiger partial charge in [0.1, 0.15) is 0 Å². The first-order valence-corrected chi connectivity index (χ1v) is 3.96. The number of aliphatic hydroxyl groups is 2. The lowest BCUT2D eigenvalue weighted by Gasteiger charge is -2.11. The molecule has 4 N–H and O–H groups in total. The van der Waals surface area contributed by atoms with E-state index in [2.05, 4.69) is 18.7 Å². The quantitative estimate of drug-likeness (QED) is 0.199. The monoisotopic (exact) mass is 222 g/mol. The van der Waals surface area contributed by atoms with Gasteiger partial charge in [-0.15, -0.1) is 8.67 Å². The second-order valence-corrected chi connectivity index (χ2v) is 2.88. The predicted molar refractivity (Wildman–Crippen MR) is 36.8 cm³/mol. The first kappa shape index (κ1) is 12.4. The molecule has 0 radical (unpaired) electrons. The van der Waals surface area contributed by atoms with Crippen molar-refractivity contribution in [2.75, 3.05) is 0 Å². The SMILES string of the molecule is OOOSC(O)C(O)SOOO. The minimum absolute atomic E-state index is 0.230. The molecular formula is C2H6O8S2. The van der Waals surface area contributed by atoms with Gasteiger partial charge in [0, 0.05) is 0 Å². The van der Waals surface area contributed by atoms with Gasteiger partial charge < -0.3 is 10.2 Å². The maximum atomic E-state index is 8.83. The molecule has 2 unspecified atom stereocenters. The fourth-order valence-corrected chi connectivity index (χ4v) is 0.904. The minimum atomic E-state index is -1.45.